The second-order valence-electron chi connectivity index (χ2n) is 5.08. The Morgan fingerprint density at radius 3 is 2.65 bits per heavy atom. The van der Waals surface area contributed by atoms with Gasteiger partial charge in [-0.2, -0.15) is 5.26 Å². The SMILES string of the molecule is CN(CCO)C(=O)c1cccc(COc2ccc(C#N)cc2)c1. The van der Waals surface area contributed by atoms with Crippen molar-refractivity contribution in [3.8, 4) is 11.8 Å². The fourth-order valence-corrected chi connectivity index (χ4v) is 2.06. The third-order valence-electron chi connectivity index (χ3n) is 3.34. The van der Waals surface area contributed by atoms with Gasteiger partial charge < -0.3 is 14.7 Å². The summed E-state index contributed by atoms with van der Waals surface area (Å²) in [6.07, 6.45) is 0. The van der Waals surface area contributed by atoms with E-state index in [-0.39, 0.29) is 12.5 Å². The van der Waals surface area contributed by atoms with E-state index in [1.54, 1.807) is 49.5 Å². The normalized spacial score (nSPS) is 9.96. The first-order chi connectivity index (χ1) is 11.1. The molecule has 118 valence electrons. The van der Waals surface area contributed by atoms with Crippen LogP contribution in [0.25, 0.3) is 0 Å². The first kappa shape index (κ1) is 16.5. The molecule has 0 saturated heterocycles. The molecule has 2 aromatic rings. The average Bonchev–Trinajstić information content (AvgIpc) is 2.60. The van der Waals surface area contributed by atoms with Crippen LogP contribution in [0.1, 0.15) is 21.5 Å². The lowest BCUT2D eigenvalue weighted by molar-refractivity contribution is 0.0767. The van der Waals surface area contributed by atoms with E-state index in [9.17, 15) is 4.79 Å². The van der Waals surface area contributed by atoms with Gasteiger partial charge in [-0.15, -0.1) is 0 Å². The predicted octanol–water partition coefficient (Wildman–Crippen LogP) is 2.20. The Morgan fingerprint density at radius 2 is 2.00 bits per heavy atom. The molecule has 0 bridgehead atoms. The van der Waals surface area contributed by atoms with Crippen LogP contribution in [0.15, 0.2) is 48.5 Å². The Kier molecular flexibility index (Phi) is 5.73. The van der Waals surface area contributed by atoms with E-state index in [0.717, 1.165) is 5.56 Å². The zero-order chi connectivity index (χ0) is 16.7. The maximum Gasteiger partial charge on any atom is 0.253 e. The molecule has 5 heteroatoms. The van der Waals surface area contributed by atoms with Gasteiger partial charge in [-0.1, -0.05) is 12.1 Å². The summed E-state index contributed by atoms with van der Waals surface area (Å²) < 4.78 is 5.66. The molecule has 2 rings (SSSR count). The molecular weight excluding hydrogens is 292 g/mol. The standard InChI is InChI=1S/C18H18N2O3/c1-20(9-10-21)18(22)16-4-2-3-15(11-16)13-23-17-7-5-14(12-19)6-8-17/h2-8,11,21H,9-10,13H2,1H3. The summed E-state index contributed by atoms with van der Waals surface area (Å²) in [5, 5.41) is 17.7. The third kappa shape index (κ3) is 4.56. The molecule has 0 aliphatic rings. The number of carbonyl (C=O) groups is 1. The van der Waals surface area contributed by atoms with Crippen LogP contribution in [0.5, 0.6) is 5.75 Å². The molecule has 0 fully saturated rings. The largest absolute Gasteiger partial charge is 0.489 e. The van der Waals surface area contributed by atoms with Crippen molar-refractivity contribution in [2.75, 3.05) is 20.2 Å². The molecule has 0 radical (unpaired) electrons. The molecule has 0 spiro atoms. The van der Waals surface area contributed by atoms with Gasteiger partial charge in [0.1, 0.15) is 12.4 Å². The lowest BCUT2D eigenvalue weighted by atomic mass is 10.1. The van der Waals surface area contributed by atoms with Crippen molar-refractivity contribution in [2.24, 2.45) is 0 Å². The monoisotopic (exact) mass is 310 g/mol. The number of nitriles is 1. The summed E-state index contributed by atoms with van der Waals surface area (Å²) in [6, 6.07) is 16.1. The van der Waals surface area contributed by atoms with Gasteiger partial charge in [0, 0.05) is 19.2 Å². The van der Waals surface area contributed by atoms with Gasteiger partial charge in [-0.05, 0) is 42.0 Å². The molecule has 0 aromatic heterocycles. The second kappa shape index (κ2) is 7.97. The van der Waals surface area contributed by atoms with Crippen molar-refractivity contribution < 1.29 is 14.6 Å². The van der Waals surface area contributed by atoms with E-state index in [0.29, 0.717) is 30.0 Å². The Morgan fingerprint density at radius 1 is 1.26 bits per heavy atom. The van der Waals surface area contributed by atoms with Crippen LogP contribution >= 0.6 is 0 Å². The molecule has 0 saturated carbocycles. The number of aliphatic hydroxyl groups excluding tert-OH is 1. The fraction of sp³-hybridized carbons (Fsp3) is 0.222. The van der Waals surface area contributed by atoms with Crippen molar-refractivity contribution >= 4 is 5.91 Å². The summed E-state index contributed by atoms with van der Waals surface area (Å²) in [4.78, 5) is 13.6. The Balaban J connectivity index is 2.02. The maximum absolute atomic E-state index is 12.2. The number of ether oxygens (including phenoxy) is 1. The van der Waals surface area contributed by atoms with Crippen molar-refractivity contribution in [3.63, 3.8) is 0 Å². The Hall–Kier alpha value is -2.84. The molecule has 0 atom stereocenters. The van der Waals surface area contributed by atoms with E-state index in [2.05, 4.69) is 6.07 Å². The lowest BCUT2D eigenvalue weighted by Crippen LogP contribution is -2.29. The molecule has 0 aliphatic carbocycles. The van der Waals surface area contributed by atoms with Gasteiger partial charge in [0.15, 0.2) is 0 Å². The van der Waals surface area contributed by atoms with Gasteiger partial charge in [0.05, 0.1) is 18.2 Å². The Bertz CT molecular complexity index is 705. The summed E-state index contributed by atoms with van der Waals surface area (Å²) >= 11 is 0. The predicted molar refractivity (Wildman–Crippen MR) is 86.0 cm³/mol. The minimum atomic E-state index is -0.140. The number of aliphatic hydroxyl groups is 1. The average molecular weight is 310 g/mol. The molecule has 1 N–H and O–H groups in total. The minimum Gasteiger partial charge on any atom is -0.489 e. The van der Waals surface area contributed by atoms with Gasteiger partial charge in [-0.25, -0.2) is 0 Å². The van der Waals surface area contributed by atoms with Crippen LogP contribution in [-0.4, -0.2) is 36.1 Å². The molecule has 23 heavy (non-hydrogen) atoms. The number of hydrogen-bond donors (Lipinski definition) is 1. The third-order valence-corrected chi connectivity index (χ3v) is 3.34. The summed E-state index contributed by atoms with van der Waals surface area (Å²) in [6.45, 7) is 0.561. The highest BCUT2D eigenvalue weighted by atomic mass is 16.5. The zero-order valence-electron chi connectivity index (χ0n) is 12.9. The zero-order valence-corrected chi connectivity index (χ0v) is 12.9. The van der Waals surface area contributed by atoms with Crippen LogP contribution in [0.3, 0.4) is 0 Å². The van der Waals surface area contributed by atoms with E-state index in [1.165, 1.54) is 4.90 Å². The van der Waals surface area contributed by atoms with Crippen molar-refractivity contribution in [1.82, 2.24) is 4.90 Å². The highest BCUT2D eigenvalue weighted by Crippen LogP contribution is 2.15. The fourth-order valence-electron chi connectivity index (χ4n) is 2.06. The molecule has 1 amide bonds. The molecule has 0 aliphatic heterocycles. The molecule has 5 nitrogen and oxygen atoms in total. The van der Waals surface area contributed by atoms with Crippen LogP contribution in [0.4, 0.5) is 0 Å². The topological polar surface area (TPSA) is 73.6 Å². The summed E-state index contributed by atoms with van der Waals surface area (Å²) in [5.41, 5.74) is 2.01. The number of benzene rings is 2. The smallest absolute Gasteiger partial charge is 0.253 e. The number of rotatable bonds is 6. The highest BCUT2D eigenvalue weighted by Gasteiger charge is 2.11. The van der Waals surface area contributed by atoms with Crippen molar-refractivity contribution in [1.29, 1.82) is 5.26 Å². The summed E-state index contributed by atoms with van der Waals surface area (Å²) in [5.74, 6) is 0.525. The molecule has 0 heterocycles. The Labute approximate surface area is 135 Å². The van der Waals surface area contributed by atoms with Crippen LogP contribution in [-0.2, 0) is 6.61 Å². The minimum absolute atomic E-state index is 0.0657. The number of amides is 1. The van der Waals surface area contributed by atoms with E-state index in [4.69, 9.17) is 15.1 Å². The van der Waals surface area contributed by atoms with Crippen LogP contribution in [0, 0.1) is 11.3 Å². The van der Waals surface area contributed by atoms with E-state index in [1.807, 2.05) is 6.07 Å². The number of hydrogen-bond acceptors (Lipinski definition) is 4. The van der Waals surface area contributed by atoms with Crippen molar-refractivity contribution in [3.05, 3.63) is 65.2 Å². The van der Waals surface area contributed by atoms with E-state index < -0.39 is 0 Å². The van der Waals surface area contributed by atoms with Crippen molar-refractivity contribution in [2.45, 2.75) is 6.61 Å². The van der Waals surface area contributed by atoms with Crippen LogP contribution in [0.2, 0.25) is 0 Å². The highest BCUT2D eigenvalue weighted by molar-refractivity contribution is 5.94. The summed E-state index contributed by atoms with van der Waals surface area (Å²) in [7, 11) is 1.65. The number of nitrogens with zero attached hydrogens (tertiary/aromatic N) is 2. The molecule has 2 aromatic carbocycles. The molecule has 0 unspecified atom stereocenters. The van der Waals surface area contributed by atoms with Gasteiger partial charge in [0.25, 0.3) is 5.91 Å². The van der Waals surface area contributed by atoms with Gasteiger partial charge in [0.2, 0.25) is 0 Å². The van der Waals surface area contributed by atoms with E-state index >= 15 is 0 Å². The molecular formula is C18H18N2O3. The quantitative estimate of drug-likeness (QED) is 0.887. The first-order valence-electron chi connectivity index (χ1n) is 7.22. The van der Waals surface area contributed by atoms with Gasteiger partial charge in [-0.3, -0.25) is 4.79 Å². The first-order valence-corrected chi connectivity index (χ1v) is 7.22. The number of likely N-dealkylation sites (N-methyl/N-ethyl adjacent to an activating group) is 1. The van der Waals surface area contributed by atoms with Crippen LogP contribution < -0.4 is 4.74 Å². The number of carbonyl (C=O) groups excluding carboxylic acids is 1. The maximum atomic E-state index is 12.2. The second-order valence-corrected chi connectivity index (χ2v) is 5.08. The van der Waals surface area contributed by atoms with Gasteiger partial charge >= 0.3 is 0 Å². The lowest BCUT2D eigenvalue weighted by Gasteiger charge is -2.16.